The Hall–Kier alpha value is -5.69. The van der Waals surface area contributed by atoms with Gasteiger partial charge in [-0.2, -0.15) is 10.5 Å². The number of aromatic nitrogens is 1. The number of nitriles is 2. The van der Waals surface area contributed by atoms with Gasteiger partial charge < -0.3 is 5.11 Å². The third kappa shape index (κ3) is 5.75. The number of aromatic carboxylic acids is 1. The summed E-state index contributed by atoms with van der Waals surface area (Å²) in [4.78, 5) is 11.1. The van der Waals surface area contributed by atoms with Gasteiger partial charge in [-0.1, -0.05) is 48.0 Å². The molecule has 7 nitrogen and oxygen atoms in total. The van der Waals surface area contributed by atoms with E-state index in [4.69, 9.17) is 11.6 Å². The molecule has 244 valence electrons. The molecule has 1 N–H and O–H groups in total. The van der Waals surface area contributed by atoms with Crippen molar-refractivity contribution in [3.63, 3.8) is 0 Å². The van der Waals surface area contributed by atoms with Gasteiger partial charge in [-0.3, -0.25) is 0 Å². The Balaban J connectivity index is 1.83. The first kappa shape index (κ1) is 33.2. The van der Waals surface area contributed by atoms with Crippen LogP contribution in [-0.4, -0.2) is 23.5 Å². The summed E-state index contributed by atoms with van der Waals surface area (Å²) in [6.07, 6.45) is 6.32. The summed E-state index contributed by atoms with van der Waals surface area (Å²) in [5, 5.41) is 29.5. The molecule has 0 spiro atoms. The molecule has 0 saturated heterocycles. The summed E-state index contributed by atoms with van der Waals surface area (Å²) in [5.41, 5.74) is -0.391. The van der Waals surface area contributed by atoms with Gasteiger partial charge in [0, 0.05) is 32.3 Å². The number of fused-ring (bicyclic) bond motifs is 1. The minimum Gasteiger partial charge on any atom is -0.478 e. The Kier molecular flexibility index (Phi) is 8.63. The van der Waals surface area contributed by atoms with Crippen molar-refractivity contribution in [3.8, 4) is 12.1 Å². The molecule has 1 aromatic heterocycles. The van der Waals surface area contributed by atoms with E-state index in [2.05, 4.69) is 6.07 Å². The maximum absolute atomic E-state index is 15.0. The molecule has 1 unspecified atom stereocenters. The maximum Gasteiger partial charge on any atom is 0.338 e. The molecule has 0 radical (unpaired) electrons. The van der Waals surface area contributed by atoms with Crippen LogP contribution >= 0.6 is 11.6 Å². The topological polar surface area (TPSA) is 124 Å². The lowest BCUT2D eigenvalue weighted by Crippen LogP contribution is -2.38. The summed E-state index contributed by atoms with van der Waals surface area (Å²) < 4.78 is 86.6. The number of carboxylic acids is 1. The van der Waals surface area contributed by atoms with E-state index in [9.17, 15) is 42.0 Å². The van der Waals surface area contributed by atoms with E-state index in [0.29, 0.717) is 0 Å². The quantitative estimate of drug-likeness (QED) is 0.225. The zero-order chi connectivity index (χ0) is 35.2. The summed E-state index contributed by atoms with van der Waals surface area (Å²) in [5.74, 6) is -4.42. The van der Waals surface area contributed by atoms with Gasteiger partial charge in [0.15, 0.2) is 0 Å². The third-order valence-electron chi connectivity index (χ3n) is 8.12. The van der Waals surface area contributed by atoms with Gasteiger partial charge >= 0.3 is 5.97 Å². The van der Waals surface area contributed by atoms with Crippen molar-refractivity contribution in [1.82, 2.24) is 3.97 Å². The largest absolute Gasteiger partial charge is 0.478 e. The number of rotatable bonds is 5. The molecule has 2 aliphatic carbocycles. The minimum absolute atomic E-state index is 0.0165. The van der Waals surface area contributed by atoms with Crippen molar-refractivity contribution >= 4 is 55.2 Å². The number of benzene rings is 3. The first-order valence-electron chi connectivity index (χ1n) is 14.4. The molecule has 0 bridgehead atoms. The van der Waals surface area contributed by atoms with Gasteiger partial charge in [-0.05, 0) is 72.2 Å². The van der Waals surface area contributed by atoms with Gasteiger partial charge in [0.25, 0.3) is 16.4 Å². The van der Waals surface area contributed by atoms with Crippen LogP contribution in [-0.2, 0) is 10.0 Å². The number of alkyl halides is 2. The molecule has 13 heteroatoms. The van der Waals surface area contributed by atoms with Crippen LogP contribution in [0.25, 0.3) is 27.6 Å². The molecular formula is C36H20ClF4N3O4S. The molecule has 4 aromatic rings. The fraction of sp³-hybridized carbons (Fsp3) is 0.0833. The van der Waals surface area contributed by atoms with Crippen molar-refractivity contribution in [3.05, 3.63) is 141 Å². The summed E-state index contributed by atoms with van der Waals surface area (Å²) in [6.45, 7) is 0. The highest BCUT2D eigenvalue weighted by Gasteiger charge is 2.29. The van der Waals surface area contributed by atoms with Crippen LogP contribution in [0.1, 0.15) is 34.3 Å². The van der Waals surface area contributed by atoms with E-state index in [-0.39, 0.29) is 65.7 Å². The third-order valence-corrected chi connectivity index (χ3v) is 10.2. The van der Waals surface area contributed by atoms with E-state index in [1.165, 1.54) is 30.4 Å². The Bertz CT molecular complexity index is 2560. The van der Waals surface area contributed by atoms with Crippen LogP contribution in [0, 0.1) is 40.2 Å². The molecule has 0 fully saturated rings. The number of halogens is 5. The van der Waals surface area contributed by atoms with Crippen LogP contribution in [0.3, 0.4) is 0 Å². The van der Waals surface area contributed by atoms with Crippen molar-refractivity contribution in [1.29, 1.82) is 10.5 Å². The average molecular weight is 702 g/mol. The highest BCUT2D eigenvalue weighted by Crippen LogP contribution is 2.33. The second-order valence-electron chi connectivity index (χ2n) is 11.0. The molecule has 3 aromatic carbocycles. The normalized spacial score (nSPS) is 18.2. The van der Waals surface area contributed by atoms with Crippen molar-refractivity contribution in [2.24, 2.45) is 5.92 Å². The van der Waals surface area contributed by atoms with Gasteiger partial charge in [-0.25, -0.2) is 34.7 Å². The zero-order valence-electron chi connectivity index (χ0n) is 24.8. The molecule has 6 rings (SSSR count). The molecule has 0 amide bonds. The van der Waals surface area contributed by atoms with Crippen LogP contribution < -0.4 is 10.6 Å². The van der Waals surface area contributed by atoms with Gasteiger partial charge in [0.1, 0.15) is 11.6 Å². The second kappa shape index (κ2) is 12.7. The first-order valence-corrected chi connectivity index (χ1v) is 16.2. The average Bonchev–Trinajstić information content (AvgIpc) is 3.43. The van der Waals surface area contributed by atoms with Crippen molar-refractivity contribution < 1.29 is 35.9 Å². The number of carbonyl (C=O) groups is 1. The Morgan fingerprint density at radius 1 is 1.06 bits per heavy atom. The van der Waals surface area contributed by atoms with E-state index in [1.54, 1.807) is 12.2 Å². The van der Waals surface area contributed by atoms with E-state index < -0.39 is 51.1 Å². The van der Waals surface area contributed by atoms with E-state index in [1.807, 2.05) is 6.07 Å². The summed E-state index contributed by atoms with van der Waals surface area (Å²) in [7, 11) is -4.67. The highest BCUT2D eigenvalue weighted by atomic mass is 35.5. The summed E-state index contributed by atoms with van der Waals surface area (Å²) >= 11 is 6.40. The number of hydrogen-bond acceptors (Lipinski definition) is 5. The SMILES string of the molecule is N#CC1=CC=CC(C#N)C1=c1c(=C2C=C(c3cc(F)c(C(=O)O)cc3Cl)C=CC2)n(S(=O)(=O)c2ccc(C(F)F)cc2)c2ccc(F)cc12. The second-order valence-corrected chi connectivity index (χ2v) is 13.2. The number of hydrogen-bond donors (Lipinski definition) is 1. The van der Waals surface area contributed by atoms with Crippen LogP contribution in [0.5, 0.6) is 0 Å². The minimum atomic E-state index is -4.67. The van der Waals surface area contributed by atoms with Gasteiger partial charge in [0.05, 0.1) is 45.0 Å². The van der Waals surface area contributed by atoms with E-state index >= 15 is 4.39 Å². The fourth-order valence-corrected chi connectivity index (χ4v) is 7.75. The van der Waals surface area contributed by atoms with Crippen molar-refractivity contribution in [2.75, 3.05) is 0 Å². The lowest BCUT2D eigenvalue weighted by Gasteiger charge is -2.16. The Morgan fingerprint density at radius 2 is 1.80 bits per heavy atom. The molecule has 2 aliphatic rings. The monoisotopic (exact) mass is 701 g/mol. The number of allylic oxidation sites excluding steroid dienone is 8. The Morgan fingerprint density at radius 3 is 2.45 bits per heavy atom. The molecule has 0 aliphatic heterocycles. The molecular weight excluding hydrogens is 682 g/mol. The number of nitrogens with zero attached hydrogens (tertiary/aromatic N) is 3. The van der Waals surface area contributed by atoms with Crippen LogP contribution in [0.15, 0.2) is 102 Å². The van der Waals surface area contributed by atoms with Crippen LogP contribution in [0.2, 0.25) is 5.02 Å². The fourth-order valence-electron chi connectivity index (χ4n) is 5.92. The molecule has 1 heterocycles. The smallest absolute Gasteiger partial charge is 0.338 e. The molecule has 49 heavy (non-hydrogen) atoms. The van der Waals surface area contributed by atoms with Gasteiger partial charge in [0.2, 0.25) is 0 Å². The zero-order valence-corrected chi connectivity index (χ0v) is 26.4. The highest BCUT2D eigenvalue weighted by molar-refractivity contribution is 7.90. The Labute approximate surface area is 281 Å². The predicted molar refractivity (Wildman–Crippen MR) is 174 cm³/mol. The summed E-state index contributed by atoms with van der Waals surface area (Å²) in [6, 6.07) is 13.3. The number of carboxylic acid groups (broad SMARTS) is 1. The predicted octanol–water partition coefficient (Wildman–Crippen LogP) is 6.95. The lowest BCUT2D eigenvalue weighted by molar-refractivity contribution is 0.0691. The molecule has 1 atom stereocenters. The molecule has 0 saturated carbocycles. The maximum atomic E-state index is 15.0. The lowest BCUT2D eigenvalue weighted by atomic mass is 9.86. The first-order chi connectivity index (χ1) is 23.4. The van der Waals surface area contributed by atoms with E-state index in [0.717, 1.165) is 52.5 Å². The standard InChI is InChI=1S/C36H20ClF4N3O4S/c37-29-15-27(36(45)46)30(39)16-26(29)20-3-1-4-21(13-20)34-33(32-22(17-42)5-2-6-23(32)18-43)28-14-24(38)9-12-31(28)44(34)49(47,48)25-10-7-19(8-11-25)35(40)41/h1-3,5-16,22,35H,4H2,(H,45,46). The van der Waals surface area contributed by atoms with Gasteiger partial charge in [-0.15, -0.1) is 0 Å². The van der Waals surface area contributed by atoms with Crippen molar-refractivity contribution in [2.45, 2.75) is 17.7 Å². The van der Waals surface area contributed by atoms with Crippen LogP contribution in [0.4, 0.5) is 17.6 Å².